The maximum atomic E-state index is 6.28. The summed E-state index contributed by atoms with van der Waals surface area (Å²) >= 11 is 0. The minimum Gasteiger partial charge on any atom is -0.456 e. The summed E-state index contributed by atoms with van der Waals surface area (Å²) < 4.78 is 8.82. The van der Waals surface area contributed by atoms with Crippen LogP contribution in [-0.4, -0.2) is 4.57 Å². The van der Waals surface area contributed by atoms with Gasteiger partial charge in [-0.05, 0) is 134 Å². The van der Waals surface area contributed by atoms with Gasteiger partial charge in [-0.2, -0.15) is 0 Å². The highest BCUT2D eigenvalue weighted by Gasteiger charge is 2.47. The zero-order chi connectivity index (χ0) is 48.4. The summed E-state index contributed by atoms with van der Waals surface area (Å²) in [5, 5.41) is 4.69. The topological polar surface area (TPSA) is 21.3 Å². The zero-order valence-corrected chi connectivity index (χ0v) is 40.6. The van der Waals surface area contributed by atoms with Crippen LogP contribution in [0.2, 0.25) is 0 Å². The average Bonchev–Trinajstić information content (AvgIpc) is 4.22. The van der Waals surface area contributed by atoms with Gasteiger partial charge >= 0.3 is 0 Å². The fourth-order valence-electron chi connectivity index (χ4n) is 13.0. The minimum atomic E-state index is -0.624. The Balaban J connectivity index is 0.955. The summed E-state index contributed by atoms with van der Waals surface area (Å²) in [6.07, 6.45) is 0. The Kier molecular flexibility index (Phi) is 8.92. The van der Waals surface area contributed by atoms with Crippen LogP contribution in [0.15, 0.2) is 259 Å². The Hall–Kier alpha value is -9.18. The van der Waals surface area contributed by atoms with E-state index in [9.17, 15) is 0 Å². The van der Waals surface area contributed by atoms with E-state index in [0.29, 0.717) is 0 Å². The lowest BCUT2D eigenvalue weighted by molar-refractivity contribution is 0.660. The lowest BCUT2D eigenvalue weighted by Crippen LogP contribution is -2.28. The van der Waals surface area contributed by atoms with E-state index in [1.54, 1.807) is 0 Å². The third-order valence-electron chi connectivity index (χ3n) is 16.3. The van der Waals surface area contributed by atoms with Crippen molar-refractivity contribution in [3.8, 4) is 39.1 Å². The minimum absolute atomic E-state index is 0.134. The first-order chi connectivity index (χ1) is 36.0. The SMILES string of the molecule is CC1(C)c2ccccc2-c2ccc(N(c3ccccc3)c3ccc4c5ccccc5n(-c5cccc6c5-c5ccccc5C6(c5ccccc5)c5cccc(-c6ccc7oc8ccccc8c7c6)c5)c4c3)cc21. The molecule has 0 saturated heterocycles. The van der Waals surface area contributed by atoms with Gasteiger partial charge in [0.05, 0.1) is 22.1 Å². The number of hydrogen-bond acceptors (Lipinski definition) is 2. The van der Waals surface area contributed by atoms with E-state index in [2.05, 4.69) is 272 Å². The zero-order valence-electron chi connectivity index (χ0n) is 40.6. The number of para-hydroxylation sites is 3. The maximum absolute atomic E-state index is 6.28. The first-order valence-electron chi connectivity index (χ1n) is 25.4. The van der Waals surface area contributed by atoms with E-state index >= 15 is 0 Å². The summed E-state index contributed by atoms with van der Waals surface area (Å²) in [7, 11) is 0. The van der Waals surface area contributed by atoms with Crippen molar-refractivity contribution in [3.63, 3.8) is 0 Å². The molecule has 0 bridgehead atoms. The number of nitrogens with zero attached hydrogens (tertiary/aromatic N) is 2. The molecule has 0 radical (unpaired) electrons. The molecule has 0 spiro atoms. The number of hydrogen-bond donors (Lipinski definition) is 0. The molecule has 1 atom stereocenters. The highest BCUT2D eigenvalue weighted by Crippen LogP contribution is 2.59. The molecule has 73 heavy (non-hydrogen) atoms. The molecule has 0 fully saturated rings. The second-order valence-corrected chi connectivity index (χ2v) is 20.4. The Morgan fingerprint density at radius 3 is 1.84 bits per heavy atom. The van der Waals surface area contributed by atoms with Crippen LogP contribution in [0.25, 0.3) is 82.8 Å². The Bertz CT molecular complexity index is 4370. The molecular formula is C70H48N2O. The van der Waals surface area contributed by atoms with Gasteiger partial charge in [0.1, 0.15) is 11.2 Å². The summed E-state index contributed by atoms with van der Waals surface area (Å²) in [5.74, 6) is 0. The van der Waals surface area contributed by atoms with E-state index in [4.69, 9.17) is 4.42 Å². The number of furan rings is 1. The molecule has 2 aliphatic carbocycles. The van der Waals surface area contributed by atoms with E-state index in [0.717, 1.165) is 61.3 Å². The molecule has 0 aliphatic heterocycles. The molecule has 344 valence electrons. The lowest BCUT2D eigenvalue weighted by atomic mass is 9.67. The van der Waals surface area contributed by atoms with Gasteiger partial charge in [-0.1, -0.05) is 196 Å². The summed E-state index contributed by atoms with van der Waals surface area (Å²) in [6.45, 7) is 4.73. The van der Waals surface area contributed by atoms with Gasteiger partial charge in [0.2, 0.25) is 0 Å². The van der Waals surface area contributed by atoms with Gasteiger partial charge in [-0.3, -0.25) is 0 Å². The third kappa shape index (κ3) is 5.94. The van der Waals surface area contributed by atoms with Crippen molar-refractivity contribution in [1.29, 1.82) is 0 Å². The second kappa shape index (κ2) is 15.7. The van der Waals surface area contributed by atoms with Crippen LogP contribution in [0.3, 0.4) is 0 Å². The molecule has 0 N–H and O–H groups in total. The first-order valence-corrected chi connectivity index (χ1v) is 25.4. The van der Waals surface area contributed by atoms with Crippen LogP contribution in [-0.2, 0) is 10.8 Å². The highest BCUT2D eigenvalue weighted by atomic mass is 16.3. The summed E-state index contributed by atoms with van der Waals surface area (Å²) in [4.78, 5) is 2.44. The molecule has 2 heterocycles. The van der Waals surface area contributed by atoms with Gasteiger partial charge in [0.25, 0.3) is 0 Å². The molecule has 3 heteroatoms. The van der Waals surface area contributed by atoms with Crippen molar-refractivity contribution in [2.45, 2.75) is 24.7 Å². The van der Waals surface area contributed by atoms with Crippen LogP contribution >= 0.6 is 0 Å². The molecule has 1 unspecified atom stereocenters. The predicted molar refractivity (Wildman–Crippen MR) is 303 cm³/mol. The largest absolute Gasteiger partial charge is 0.456 e. The van der Waals surface area contributed by atoms with Crippen LogP contribution in [0.1, 0.15) is 47.2 Å². The van der Waals surface area contributed by atoms with Crippen LogP contribution < -0.4 is 4.90 Å². The standard InChI is InChI=1S/C70H48N2O/c1-69(2)59-29-13-9-25-52(59)53-38-36-50(43-62(53)69)71(49-23-7-4-8-24-49)51-37-39-55-54-26-11-15-32-63(54)72(65(55)44-51)64-33-18-31-61-68(64)57-28-10-14-30-60(57)70(61,47-20-5-3-6-21-47)48-22-17-19-45(41-48)46-35-40-67-58(42-46)56-27-12-16-34-66(56)73-67/h3-44H,1-2H3. The van der Waals surface area contributed by atoms with Crippen molar-refractivity contribution in [3.05, 3.63) is 288 Å². The van der Waals surface area contributed by atoms with E-state index in [1.165, 1.54) is 71.9 Å². The van der Waals surface area contributed by atoms with Crippen molar-refractivity contribution in [1.82, 2.24) is 4.57 Å². The smallest absolute Gasteiger partial charge is 0.135 e. The van der Waals surface area contributed by atoms with Crippen molar-refractivity contribution in [2.75, 3.05) is 4.90 Å². The number of anilines is 3. The monoisotopic (exact) mass is 932 g/mol. The third-order valence-corrected chi connectivity index (χ3v) is 16.3. The molecule has 15 rings (SSSR count). The number of aromatic nitrogens is 1. The Morgan fingerprint density at radius 2 is 0.973 bits per heavy atom. The van der Waals surface area contributed by atoms with Gasteiger partial charge in [0, 0.05) is 49.6 Å². The Morgan fingerprint density at radius 1 is 0.356 bits per heavy atom. The van der Waals surface area contributed by atoms with Gasteiger partial charge in [0.15, 0.2) is 0 Å². The molecule has 3 nitrogen and oxygen atoms in total. The van der Waals surface area contributed by atoms with Crippen molar-refractivity contribution in [2.24, 2.45) is 0 Å². The fourth-order valence-corrected chi connectivity index (χ4v) is 13.0. The molecule has 0 saturated carbocycles. The molecule has 2 aromatic heterocycles. The van der Waals surface area contributed by atoms with Gasteiger partial charge in [-0.15, -0.1) is 0 Å². The van der Waals surface area contributed by atoms with Crippen molar-refractivity contribution < 1.29 is 4.42 Å². The number of rotatable bonds is 7. The number of benzene rings is 11. The van der Waals surface area contributed by atoms with E-state index in [-0.39, 0.29) is 5.41 Å². The molecule has 13 aromatic rings. The lowest BCUT2D eigenvalue weighted by Gasteiger charge is -2.34. The van der Waals surface area contributed by atoms with E-state index in [1.807, 2.05) is 6.07 Å². The summed E-state index contributed by atoms with van der Waals surface area (Å²) in [5.41, 5.74) is 23.0. The normalized spacial score (nSPS) is 15.2. The van der Waals surface area contributed by atoms with Crippen LogP contribution in [0, 0.1) is 0 Å². The van der Waals surface area contributed by atoms with E-state index < -0.39 is 5.41 Å². The second-order valence-electron chi connectivity index (χ2n) is 20.4. The quantitative estimate of drug-likeness (QED) is 0.159. The predicted octanol–water partition coefficient (Wildman–Crippen LogP) is 18.5. The van der Waals surface area contributed by atoms with Crippen molar-refractivity contribution >= 4 is 60.8 Å². The van der Waals surface area contributed by atoms with Gasteiger partial charge in [-0.25, -0.2) is 0 Å². The number of fused-ring (bicyclic) bond motifs is 12. The molecule has 0 amide bonds. The van der Waals surface area contributed by atoms with Crippen LogP contribution in [0.4, 0.5) is 17.1 Å². The molecule has 2 aliphatic rings. The molecule has 11 aromatic carbocycles. The Labute approximate surface area is 424 Å². The highest BCUT2D eigenvalue weighted by molar-refractivity contribution is 6.12. The molecular weight excluding hydrogens is 885 g/mol. The fraction of sp³-hybridized carbons (Fsp3) is 0.0571. The van der Waals surface area contributed by atoms with Gasteiger partial charge < -0.3 is 13.9 Å². The maximum Gasteiger partial charge on any atom is 0.135 e. The summed E-state index contributed by atoms with van der Waals surface area (Å²) in [6, 6.07) is 94.3. The van der Waals surface area contributed by atoms with Crippen LogP contribution in [0.5, 0.6) is 0 Å². The first kappa shape index (κ1) is 41.6. The average molecular weight is 933 g/mol.